The maximum atomic E-state index is 11.3. The van der Waals surface area contributed by atoms with E-state index in [1.54, 1.807) is 19.2 Å². The van der Waals surface area contributed by atoms with Crippen LogP contribution in [0.1, 0.15) is 45.9 Å². The normalized spacial score (nSPS) is 23.7. The van der Waals surface area contributed by atoms with Gasteiger partial charge in [0.25, 0.3) is 0 Å². The maximum Gasteiger partial charge on any atom is 0.335 e. The number of carboxylic acid groups (broad SMARTS) is 1. The van der Waals surface area contributed by atoms with Gasteiger partial charge in [-0.3, -0.25) is 4.90 Å². The van der Waals surface area contributed by atoms with Gasteiger partial charge in [0.15, 0.2) is 0 Å². The zero-order chi connectivity index (χ0) is 21.5. The minimum Gasteiger partial charge on any atom is -0.496 e. The molecule has 2 aliphatic rings. The van der Waals surface area contributed by atoms with Gasteiger partial charge in [0.1, 0.15) is 5.75 Å². The third-order valence-electron chi connectivity index (χ3n) is 6.95. The molecule has 2 unspecified atom stereocenters. The van der Waals surface area contributed by atoms with E-state index in [0.29, 0.717) is 11.5 Å². The molecule has 0 aliphatic carbocycles. The van der Waals surface area contributed by atoms with Crippen LogP contribution >= 0.6 is 0 Å². The Kier molecular flexibility index (Phi) is 5.20. The molecule has 31 heavy (non-hydrogen) atoms. The molecule has 0 radical (unpaired) electrons. The number of methoxy groups -OCH3 is 1. The monoisotopic (exact) mass is 420 g/mol. The molecular weight excluding hydrogens is 392 g/mol. The van der Waals surface area contributed by atoms with Gasteiger partial charge in [-0.15, -0.1) is 0 Å². The standard InChI is InChI=1S/C25H28N2O4/c1-15-11-23(30-2)20(19-7-9-26-24(15)19)14-27-13-18-8-10-31-22(18)12-21(27)16-3-5-17(6-4-16)25(28)29/h3-7,9,11,18,21-22,26H,8,10,12-14H2,1-2H3,(H,28,29)/t18?,21-,22?/m0/s1. The number of likely N-dealkylation sites (tertiary alicyclic amines) is 1. The van der Waals surface area contributed by atoms with E-state index < -0.39 is 5.97 Å². The largest absolute Gasteiger partial charge is 0.496 e. The first-order valence-corrected chi connectivity index (χ1v) is 10.9. The van der Waals surface area contributed by atoms with Gasteiger partial charge in [-0.1, -0.05) is 12.1 Å². The second-order valence-corrected chi connectivity index (χ2v) is 8.71. The quantitative estimate of drug-likeness (QED) is 0.634. The van der Waals surface area contributed by atoms with Crippen LogP contribution in [0.25, 0.3) is 10.9 Å². The zero-order valence-electron chi connectivity index (χ0n) is 17.9. The lowest BCUT2D eigenvalue weighted by Gasteiger charge is -2.41. The molecule has 2 N–H and O–H groups in total. The van der Waals surface area contributed by atoms with Crippen LogP contribution < -0.4 is 4.74 Å². The number of rotatable bonds is 5. The molecule has 162 valence electrons. The molecule has 2 fully saturated rings. The van der Waals surface area contributed by atoms with Crippen molar-refractivity contribution in [1.29, 1.82) is 0 Å². The number of piperidine rings is 1. The van der Waals surface area contributed by atoms with E-state index in [9.17, 15) is 9.90 Å². The number of aryl methyl sites for hydroxylation is 1. The van der Waals surface area contributed by atoms with Crippen LogP contribution in [0.3, 0.4) is 0 Å². The Morgan fingerprint density at radius 3 is 2.84 bits per heavy atom. The van der Waals surface area contributed by atoms with Gasteiger partial charge in [0.05, 0.1) is 18.8 Å². The summed E-state index contributed by atoms with van der Waals surface area (Å²) in [5.41, 5.74) is 4.96. The molecule has 0 bridgehead atoms. The molecule has 3 heterocycles. The lowest BCUT2D eigenvalue weighted by Crippen LogP contribution is -2.43. The highest BCUT2D eigenvalue weighted by Gasteiger charge is 2.40. The van der Waals surface area contributed by atoms with Crippen molar-refractivity contribution in [3.63, 3.8) is 0 Å². The van der Waals surface area contributed by atoms with Gasteiger partial charge in [-0.2, -0.15) is 0 Å². The fraction of sp³-hybridized carbons (Fsp3) is 0.400. The number of hydrogen-bond acceptors (Lipinski definition) is 4. The van der Waals surface area contributed by atoms with Gasteiger partial charge in [0, 0.05) is 54.3 Å². The number of aromatic nitrogens is 1. The van der Waals surface area contributed by atoms with Crippen LogP contribution in [-0.2, 0) is 11.3 Å². The second-order valence-electron chi connectivity index (χ2n) is 8.71. The highest BCUT2D eigenvalue weighted by Crippen LogP contribution is 2.42. The average molecular weight is 421 g/mol. The Morgan fingerprint density at radius 2 is 2.10 bits per heavy atom. The van der Waals surface area contributed by atoms with Gasteiger partial charge < -0.3 is 19.6 Å². The summed E-state index contributed by atoms with van der Waals surface area (Å²) < 4.78 is 11.8. The number of hydrogen-bond donors (Lipinski definition) is 2. The first-order chi connectivity index (χ1) is 15.0. The molecule has 2 aromatic carbocycles. The van der Waals surface area contributed by atoms with Crippen molar-refractivity contribution in [2.45, 2.75) is 38.5 Å². The molecule has 6 heteroatoms. The summed E-state index contributed by atoms with van der Waals surface area (Å²) in [6, 6.07) is 11.7. The summed E-state index contributed by atoms with van der Waals surface area (Å²) in [7, 11) is 1.73. The first kappa shape index (κ1) is 20.1. The highest BCUT2D eigenvalue weighted by molar-refractivity contribution is 5.88. The van der Waals surface area contributed by atoms with Crippen molar-refractivity contribution in [3.05, 3.63) is 64.8 Å². The number of ether oxygens (including phenoxy) is 2. The number of benzene rings is 2. The molecule has 3 atom stereocenters. The molecule has 3 aromatic rings. The fourth-order valence-corrected chi connectivity index (χ4v) is 5.31. The first-order valence-electron chi connectivity index (χ1n) is 10.9. The summed E-state index contributed by atoms with van der Waals surface area (Å²) in [6.45, 7) is 4.65. The number of carbonyl (C=O) groups is 1. The summed E-state index contributed by atoms with van der Waals surface area (Å²) in [5, 5.41) is 10.5. The molecule has 0 amide bonds. The van der Waals surface area contributed by atoms with Gasteiger partial charge >= 0.3 is 5.97 Å². The Bertz CT molecular complexity index is 1100. The highest BCUT2D eigenvalue weighted by atomic mass is 16.5. The van der Waals surface area contributed by atoms with Crippen LogP contribution in [0, 0.1) is 12.8 Å². The van der Waals surface area contributed by atoms with E-state index in [0.717, 1.165) is 49.4 Å². The van der Waals surface area contributed by atoms with Crippen molar-refractivity contribution in [2.24, 2.45) is 5.92 Å². The summed E-state index contributed by atoms with van der Waals surface area (Å²) >= 11 is 0. The SMILES string of the molecule is COc1cc(C)c2[nH]ccc2c1CN1CC2CCOC2C[C@H]1c1ccc(C(=O)O)cc1. The number of carboxylic acids is 1. The molecule has 0 saturated carbocycles. The number of H-pyrrole nitrogens is 1. The lowest BCUT2D eigenvalue weighted by molar-refractivity contribution is -0.000383. The van der Waals surface area contributed by atoms with Gasteiger partial charge in [0.2, 0.25) is 0 Å². The van der Waals surface area contributed by atoms with Crippen molar-refractivity contribution in [1.82, 2.24) is 9.88 Å². The molecule has 2 aliphatic heterocycles. The summed E-state index contributed by atoms with van der Waals surface area (Å²) in [6.07, 6.45) is 4.27. The van der Waals surface area contributed by atoms with E-state index in [1.807, 2.05) is 18.3 Å². The van der Waals surface area contributed by atoms with E-state index in [1.165, 1.54) is 16.5 Å². The van der Waals surface area contributed by atoms with E-state index in [2.05, 4.69) is 28.9 Å². The number of nitrogens with zero attached hydrogens (tertiary/aromatic N) is 1. The second kappa shape index (κ2) is 8.02. The lowest BCUT2D eigenvalue weighted by atomic mass is 9.85. The van der Waals surface area contributed by atoms with Crippen LogP contribution in [0.15, 0.2) is 42.6 Å². The van der Waals surface area contributed by atoms with Crippen LogP contribution in [0.2, 0.25) is 0 Å². The van der Waals surface area contributed by atoms with Crippen LogP contribution in [0.5, 0.6) is 5.75 Å². The Hall–Kier alpha value is -2.83. The van der Waals surface area contributed by atoms with E-state index >= 15 is 0 Å². The van der Waals surface area contributed by atoms with Crippen LogP contribution in [0.4, 0.5) is 0 Å². The van der Waals surface area contributed by atoms with Crippen molar-refractivity contribution >= 4 is 16.9 Å². The minimum atomic E-state index is -0.898. The number of nitrogens with one attached hydrogen (secondary N) is 1. The molecule has 0 spiro atoms. The van der Waals surface area contributed by atoms with Crippen molar-refractivity contribution in [2.75, 3.05) is 20.3 Å². The molecule has 5 rings (SSSR count). The molecule has 2 saturated heterocycles. The van der Waals surface area contributed by atoms with E-state index in [-0.39, 0.29) is 12.1 Å². The average Bonchev–Trinajstić information content (AvgIpc) is 3.44. The van der Waals surface area contributed by atoms with Gasteiger partial charge in [-0.25, -0.2) is 4.79 Å². The predicted molar refractivity (Wildman–Crippen MR) is 119 cm³/mol. The topological polar surface area (TPSA) is 74.8 Å². The Labute approximate surface area is 181 Å². The Balaban J connectivity index is 1.52. The fourth-order valence-electron chi connectivity index (χ4n) is 5.31. The smallest absolute Gasteiger partial charge is 0.335 e. The maximum absolute atomic E-state index is 11.3. The molecular formula is C25H28N2O4. The number of aromatic amines is 1. The number of fused-ring (bicyclic) bond motifs is 2. The Morgan fingerprint density at radius 1 is 1.29 bits per heavy atom. The predicted octanol–water partition coefficient (Wildman–Crippen LogP) is 4.54. The summed E-state index contributed by atoms with van der Waals surface area (Å²) in [5.74, 6) is 0.549. The van der Waals surface area contributed by atoms with Crippen molar-refractivity contribution in [3.8, 4) is 5.75 Å². The van der Waals surface area contributed by atoms with Gasteiger partial charge in [-0.05, 0) is 55.2 Å². The molecule has 1 aromatic heterocycles. The molecule has 6 nitrogen and oxygen atoms in total. The minimum absolute atomic E-state index is 0.169. The summed E-state index contributed by atoms with van der Waals surface area (Å²) in [4.78, 5) is 17.2. The van der Waals surface area contributed by atoms with Crippen molar-refractivity contribution < 1.29 is 19.4 Å². The third kappa shape index (κ3) is 3.60. The van der Waals surface area contributed by atoms with E-state index in [4.69, 9.17) is 9.47 Å². The van der Waals surface area contributed by atoms with Crippen LogP contribution in [-0.4, -0.2) is 47.3 Å². The zero-order valence-corrected chi connectivity index (χ0v) is 17.9. The number of aromatic carboxylic acids is 1. The third-order valence-corrected chi connectivity index (χ3v) is 6.95.